The minimum absolute atomic E-state index is 0.462. The number of hydrogen-bond donors (Lipinski definition) is 2. The third-order valence-electron chi connectivity index (χ3n) is 2.09. The second-order valence-electron chi connectivity index (χ2n) is 4.80. The molecule has 0 bridgehead atoms. The first kappa shape index (κ1) is 11.4. The molecule has 1 aromatic heterocycles. The molecule has 0 fully saturated rings. The first-order chi connectivity index (χ1) is 7.94. The number of carbonyl (C=O) groups excluding carboxylic acids is 1. The van der Waals surface area contributed by atoms with Gasteiger partial charge in [-0.2, -0.15) is 5.10 Å². The molecule has 0 saturated heterocycles. The minimum Gasteiger partial charge on any atom is -0.444 e. The molecule has 2 N–H and O–H groups in total. The summed E-state index contributed by atoms with van der Waals surface area (Å²) >= 11 is 0. The van der Waals surface area contributed by atoms with Crippen LogP contribution in [-0.2, 0) is 4.74 Å². The van der Waals surface area contributed by atoms with Crippen molar-refractivity contribution in [1.29, 1.82) is 0 Å². The first-order valence-corrected chi connectivity index (χ1v) is 5.37. The Kier molecular flexibility index (Phi) is 2.75. The summed E-state index contributed by atoms with van der Waals surface area (Å²) in [7, 11) is 0. The number of anilines is 1. The second kappa shape index (κ2) is 4.08. The van der Waals surface area contributed by atoms with Crippen LogP contribution >= 0.6 is 0 Å². The Bertz CT molecular complexity index is 540. The fraction of sp³-hybridized carbons (Fsp3) is 0.333. The Morgan fingerprint density at radius 1 is 1.41 bits per heavy atom. The van der Waals surface area contributed by atoms with Crippen LogP contribution in [0.2, 0.25) is 0 Å². The smallest absolute Gasteiger partial charge is 0.412 e. The topological polar surface area (TPSA) is 67.0 Å². The maximum atomic E-state index is 11.5. The average Bonchev–Trinajstić information content (AvgIpc) is 2.61. The molecule has 5 nitrogen and oxygen atoms in total. The van der Waals surface area contributed by atoms with Crippen LogP contribution in [0, 0.1) is 0 Å². The number of H-pyrrole nitrogens is 1. The van der Waals surface area contributed by atoms with E-state index in [1.165, 1.54) is 0 Å². The van der Waals surface area contributed by atoms with E-state index in [4.69, 9.17) is 4.74 Å². The average molecular weight is 233 g/mol. The summed E-state index contributed by atoms with van der Waals surface area (Å²) in [5, 5.41) is 10.4. The van der Waals surface area contributed by atoms with Gasteiger partial charge in [0.2, 0.25) is 0 Å². The van der Waals surface area contributed by atoms with E-state index in [9.17, 15) is 4.79 Å². The summed E-state index contributed by atoms with van der Waals surface area (Å²) < 4.78 is 5.16. The molecule has 0 saturated carbocycles. The number of nitrogens with one attached hydrogen (secondary N) is 2. The number of nitrogens with zero attached hydrogens (tertiary/aromatic N) is 1. The van der Waals surface area contributed by atoms with Crippen LogP contribution in [0.1, 0.15) is 20.8 Å². The molecule has 90 valence electrons. The quantitative estimate of drug-likeness (QED) is 0.795. The monoisotopic (exact) mass is 233 g/mol. The standard InChI is InChI=1S/C12H15N3O2/c1-12(2,3)17-11(16)14-9-5-4-8-7-13-15-10(8)6-9/h4-7H,1-3H3,(H,13,15)(H,14,16). The Balaban J connectivity index is 2.10. The van der Waals surface area contributed by atoms with Gasteiger partial charge >= 0.3 is 6.09 Å². The lowest BCUT2D eigenvalue weighted by atomic mass is 10.2. The number of benzene rings is 1. The number of ether oxygens (including phenoxy) is 1. The van der Waals surface area contributed by atoms with Crippen molar-refractivity contribution in [2.45, 2.75) is 26.4 Å². The molecule has 0 aliphatic heterocycles. The van der Waals surface area contributed by atoms with Gasteiger partial charge in [0.25, 0.3) is 0 Å². The lowest BCUT2D eigenvalue weighted by Crippen LogP contribution is -2.27. The van der Waals surface area contributed by atoms with Gasteiger partial charge in [-0.25, -0.2) is 4.79 Å². The molecular weight excluding hydrogens is 218 g/mol. The van der Waals surface area contributed by atoms with Crippen LogP contribution in [0.15, 0.2) is 24.4 Å². The highest BCUT2D eigenvalue weighted by Crippen LogP contribution is 2.17. The summed E-state index contributed by atoms with van der Waals surface area (Å²) in [5.74, 6) is 0. The van der Waals surface area contributed by atoms with Crippen LogP contribution in [0.4, 0.5) is 10.5 Å². The van der Waals surface area contributed by atoms with Crippen LogP contribution in [0.3, 0.4) is 0 Å². The van der Waals surface area contributed by atoms with Gasteiger partial charge < -0.3 is 4.74 Å². The SMILES string of the molecule is CC(C)(C)OC(=O)Nc1ccc2cn[nH]c2c1. The highest BCUT2D eigenvalue weighted by Gasteiger charge is 2.16. The number of fused-ring (bicyclic) bond motifs is 1. The Labute approximate surface area is 99.2 Å². The highest BCUT2D eigenvalue weighted by atomic mass is 16.6. The van der Waals surface area contributed by atoms with Crippen LogP contribution in [0.5, 0.6) is 0 Å². The number of carbonyl (C=O) groups is 1. The van der Waals surface area contributed by atoms with E-state index in [0.29, 0.717) is 5.69 Å². The number of amides is 1. The summed E-state index contributed by atoms with van der Waals surface area (Å²) in [5.41, 5.74) is 1.05. The molecule has 0 spiro atoms. The summed E-state index contributed by atoms with van der Waals surface area (Å²) in [6, 6.07) is 5.50. The molecule has 0 aliphatic rings. The Morgan fingerprint density at radius 3 is 2.88 bits per heavy atom. The molecular formula is C12H15N3O2. The van der Waals surface area contributed by atoms with E-state index in [-0.39, 0.29) is 0 Å². The Morgan fingerprint density at radius 2 is 2.18 bits per heavy atom. The zero-order valence-corrected chi connectivity index (χ0v) is 10.1. The van der Waals surface area contributed by atoms with E-state index >= 15 is 0 Å². The van der Waals surface area contributed by atoms with Crippen molar-refractivity contribution < 1.29 is 9.53 Å². The van der Waals surface area contributed by atoms with E-state index in [0.717, 1.165) is 10.9 Å². The van der Waals surface area contributed by atoms with E-state index in [1.54, 1.807) is 6.20 Å². The largest absolute Gasteiger partial charge is 0.444 e. The lowest BCUT2D eigenvalue weighted by Gasteiger charge is -2.19. The fourth-order valence-corrected chi connectivity index (χ4v) is 1.44. The molecule has 2 rings (SSSR count). The molecule has 17 heavy (non-hydrogen) atoms. The van der Waals surface area contributed by atoms with Gasteiger partial charge in [0.05, 0.1) is 11.7 Å². The normalized spacial score (nSPS) is 11.5. The summed E-state index contributed by atoms with van der Waals surface area (Å²) in [4.78, 5) is 11.5. The molecule has 0 atom stereocenters. The fourth-order valence-electron chi connectivity index (χ4n) is 1.44. The summed E-state index contributed by atoms with van der Waals surface area (Å²) in [6.07, 6.45) is 1.27. The zero-order valence-electron chi connectivity index (χ0n) is 10.1. The zero-order chi connectivity index (χ0) is 12.5. The maximum Gasteiger partial charge on any atom is 0.412 e. The molecule has 0 unspecified atom stereocenters. The third kappa shape index (κ3) is 2.96. The lowest BCUT2D eigenvalue weighted by molar-refractivity contribution is 0.0636. The number of aromatic amines is 1. The van der Waals surface area contributed by atoms with Gasteiger partial charge in [-0.05, 0) is 39.0 Å². The van der Waals surface area contributed by atoms with E-state index < -0.39 is 11.7 Å². The molecule has 0 radical (unpaired) electrons. The number of aromatic nitrogens is 2. The third-order valence-corrected chi connectivity index (χ3v) is 2.09. The molecule has 1 amide bonds. The maximum absolute atomic E-state index is 11.5. The molecule has 1 heterocycles. The minimum atomic E-state index is -0.498. The van der Waals surface area contributed by atoms with Gasteiger partial charge in [0.15, 0.2) is 0 Å². The van der Waals surface area contributed by atoms with Gasteiger partial charge in [0, 0.05) is 11.1 Å². The van der Waals surface area contributed by atoms with Crippen molar-refractivity contribution in [3.05, 3.63) is 24.4 Å². The van der Waals surface area contributed by atoms with Crippen molar-refractivity contribution in [2.75, 3.05) is 5.32 Å². The van der Waals surface area contributed by atoms with Gasteiger partial charge in [0.1, 0.15) is 5.60 Å². The highest BCUT2D eigenvalue weighted by molar-refractivity contribution is 5.89. The van der Waals surface area contributed by atoms with Gasteiger partial charge in [-0.1, -0.05) is 0 Å². The second-order valence-corrected chi connectivity index (χ2v) is 4.80. The molecule has 1 aromatic carbocycles. The predicted molar refractivity (Wildman–Crippen MR) is 66.0 cm³/mol. The molecule has 2 aromatic rings. The Hall–Kier alpha value is -2.04. The van der Waals surface area contributed by atoms with E-state index in [2.05, 4.69) is 15.5 Å². The molecule has 0 aliphatic carbocycles. The van der Waals surface area contributed by atoms with Crippen molar-refractivity contribution in [2.24, 2.45) is 0 Å². The van der Waals surface area contributed by atoms with Crippen LogP contribution < -0.4 is 5.32 Å². The molecule has 5 heteroatoms. The predicted octanol–water partition coefficient (Wildman–Crippen LogP) is 2.91. The number of hydrogen-bond acceptors (Lipinski definition) is 3. The van der Waals surface area contributed by atoms with E-state index in [1.807, 2.05) is 39.0 Å². The van der Waals surface area contributed by atoms with Gasteiger partial charge in [-0.3, -0.25) is 10.4 Å². The van der Waals surface area contributed by atoms with Crippen molar-refractivity contribution in [3.8, 4) is 0 Å². The van der Waals surface area contributed by atoms with Crippen LogP contribution in [0.25, 0.3) is 10.9 Å². The van der Waals surface area contributed by atoms with Gasteiger partial charge in [-0.15, -0.1) is 0 Å². The van der Waals surface area contributed by atoms with Crippen molar-refractivity contribution in [1.82, 2.24) is 10.2 Å². The van der Waals surface area contributed by atoms with Crippen molar-refractivity contribution >= 4 is 22.7 Å². The van der Waals surface area contributed by atoms with Crippen molar-refractivity contribution in [3.63, 3.8) is 0 Å². The summed E-state index contributed by atoms with van der Waals surface area (Å²) in [6.45, 7) is 5.47. The number of rotatable bonds is 1. The van der Waals surface area contributed by atoms with Crippen LogP contribution in [-0.4, -0.2) is 21.9 Å². The first-order valence-electron chi connectivity index (χ1n) is 5.37.